The number of hydrogen-bond donors (Lipinski definition) is 2. The van der Waals surface area contributed by atoms with Crippen LogP contribution >= 0.6 is 0 Å². The Hall–Kier alpha value is -1.91. The van der Waals surface area contributed by atoms with Crippen molar-refractivity contribution in [2.24, 2.45) is 4.99 Å². The molecule has 21 heavy (non-hydrogen) atoms. The second-order valence-corrected chi connectivity index (χ2v) is 5.30. The Kier molecular flexibility index (Phi) is 5.31. The van der Waals surface area contributed by atoms with Gasteiger partial charge in [0, 0.05) is 31.6 Å². The third-order valence-corrected chi connectivity index (χ3v) is 3.64. The second kappa shape index (κ2) is 7.20. The molecule has 1 aliphatic rings. The highest BCUT2D eigenvalue weighted by molar-refractivity contribution is 5.80. The number of benzene rings is 1. The van der Waals surface area contributed by atoms with Crippen molar-refractivity contribution in [3.05, 3.63) is 47.5 Å². The molecule has 0 radical (unpaired) electrons. The minimum atomic E-state index is -0.553. The summed E-state index contributed by atoms with van der Waals surface area (Å²) in [5.41, 5.74) is 0.502. The lowest BCUT2D eigenvalue weighted by molar-refractivity contribution is 0.554. The molecule has 2 rings (SSSR count). The number of hydrogen-bond acceptors (Lipinski definition) is 1. The van der Waals surface area contributed by atoms with Crippen molar-refractivity contribution in [1.82, 2.24) is 10.6 Å². The molecule has 1 aromatic rings. The van der Waals surface area contributed by atoms with Crippen LogP contribution in [0.25, 0.3) is 0 Å². The predicted octanol–water partition coefficient (Wildman–Crippen LogP) is 2.95. The first-order valence-corrected chi connectivity index (χ1v) is 7.17. The maximum atomic E-state index is 13.7. The molecule has 0 amide bonds. The van der Waals surface area contributed by atoms with Gasteiger partial charge >= 0.3 is 0 Å². The Balaban J connectivity index is 1.88. The van der Waals surface area contributed by atoms with Gasteiger partial charge in [-0.15, -0.1) is 0 Å². The van der Waals surface area contributed by atoms with Crippen molar-refractivity contribution < 1.29 is 8.78 Å². The van der Waals surface area contributed by atoms with E-state index in [4.69, 9.17) is 0 Å². The van der Waals surface area contributed by atoms with Gasteiger partial charge in [0.05, 0.1) is 0 Å². The van der Waals surface area contributed by atoms with Gasteiger partial charge in [-0.3, -0.25) is 4.99 Å². The minimum absolute atomic E-state index is 0.0779. The quantitative estimate of drug-likeness (QED) is 0.509. The second-order valence-electron chi connectivity index (χ2n) is 5.30. The van der Waals surface area contributed by atoms with Crippen LogP contribution in [0.1, 0.15) is 31.2 Å². The number of aliphatic imine (C=N–C) groups is 1. The molecule has 5 heteroatoms. The summed E-state index contributed by atoms with van der Waals surface area (Å²) in [6, 6.07) is 4.07. The summed E-state index contributed by atoms with van der Waals surface area (Å²) in [6.45, 7) is 2.43. The van der Waals surface area contributed by atoms with E-state index >= 15 is 0 Å². The van der Waals surface area contributed by atoms with Crippen LogP contribution in [-0.4, -0.2) is 25.6 Å². The van der Waals surface area contributed by atoms with Gasteiger partial charge in [0.15, 0.2) is 5.96 Å². The summed E-state index contributed by atoms with van der Waals surface area (Å²) < 4.78 is 26.6. The molecule has 0 saturated heterocycles. The molecule has 2 N–H and O–H groups in total. The highest BCUT2D eigenvalue weighted by Crippen LogP contribution is 2.19. The molecule has 3 nitrogen and oxygen atoms in total. The molecule has 1 unspecified atom stereocenters. The van der Waals surface area contributed by atoms with E-state index in [0.717, 1.165) is 18.9 Å². The van der Waals surface area contributed by atoms with E-state index in [1.54, 1.807) is 7.05 Å². The molecule has 0 heterocycles. The summed E-state index contributed by atoms with van der Waals surface area (Å²) >= 11 is 0. The Morgan fingerprint density at radius 3 is 2.67 bits per heavy atom. The van der Waals surface area contributed by atoms with Gasteiger partial charge in [-0.1, -0.05) is 25.1 Å². The van der Waals surface area contributed by atoms with E-state index in [-0.39, 0.29) is 5.92 Å². The highest BCUT2D eigenvalue weighted by atomic mass is 19.1. The number of guanidine groups is 1. The van der Waals surface area contributed by atoms with Gasteiger partial charge in [-0.25, -0.2) is 8.78 Å². The Labute approximate surface area is 124 Å². The number of nitrogens with zero attached hydrogens (tertiary/aromatic N) is 1. The fourth-order valence-electron chi connectivity index (χ4n) is 2.38. The van der Waals surface area contributed by atoms with Crippen molar-refractivity contribution >= 4 is 5.96 Å². The molecule has 0 fully saturated rings. The van der Waals surface area contributed by atoms with Crippen LogP contribution < -0.4 is 10.6 Å². The number of halogens is 2. The van der Waals surface area contributed by atoms with Crippen LogP contribution in [0.3, 0.4) is 0 Å². The van der Waals surface area contributed by atoms with E-state index < -0.39 is 11.6 Å². The van der Waals surface area contributed by atoms with Crippen molar-refractivity contribution in [3.63, 3.8) is 0 Å². The molecule has 0 spiro atoms. The van der Waals surface area contributed by atoms with Crippen LogP contribution in [0.2, 0.25) is 0 Å². The zero-order valence-electron chi connectivity index (χ0n) is 12.4. The van der Waals surface area contributed by atoms with E-state index in [2.05, 4.69) is 27.8 Å². The maximum absolute atomic E-state index is 13.7. The van der Waals surface area contributed by atoms with E-state index in [1.807, 2.05) is 6.92 Å². The number of rotatable bonds is 4. The van der Waals surface area contributed by atoms with Crippen molar-refractivity contribution in [2.75, 3.05) is 13.6 Å². The third-order valence-electron chi connectivity index (χ3n) is 3.64. The van der Waals surface area contributed by atoms with Crippen molar-refractivity contribution in [3.8, 4) is 0 Å². The van der Waals surface area contributed by atoms with Gasteiger partial charge in [0.25, 0.3) is 0 Å². The zero-order chi connectivity index (χ0) is 15.2. The van der Waals surface area contributed by atoms with Crippen molar-refractivity contribution in [1.29, 1.82) is 0 Å². The Morgan fingerprint density at radius 1 is 1.33 bits per heavy atom. The molecule has 0 aromatic heterocycles. The topological polar surface area (TPSA) is 36.4 Å². The summed E-state index contributed by atoms with van der Waals surface area (Å²) in [4.78, 5) is 4.17. The Bertz CT molecular complexity index is 532. The summed E-state index contributed by atoms with van der Waals surface area (Å²) in [5, 5.41) is 6.51. The predicted molar refractivity (Wildman–Crippen MR) is 81.4 cm³/mol. The number of nitrogens with one attached hydrogen (secondary N) is 2. The molecule has 1 atom stereocenters. The summed E-state index contributed by atoms with van der Waals surface area (Å²) in [6.07, 6.45) is 6.26. The maximum Gasteiger partial charge on any atom is 0.191 e. The van der Waals surface area contributed by atoms with Crippen LogP contribution in [0.4, 0.5) is 8.78 Å². The van der Waals surface area contributed by atoms with Gasteiger partial charge in [-0.05, 0) is 24.5 Å². The summed E-state index contributed by atoms with van der Waals surface area (Å²) in [7, 11) is 1.71. The highest BCUT2D eigenvalue weighted by Gasteiger charge is 2.14. The largest absolute Gasteiger partial charge is 0.356 e. The SMILES string of the molecule is CN=C(NCC(C)c1ccc(F)cc1F)NC1CC=CC1. The summed E-state index contributed by atoms with van der Waals surface area (Å²) in [5.74, 6) is -0.432. The molecule has 0 saturated carbocycles. The van der Waals surface area contributed by atoms with E-state index in [0.29, 0.717) is 24.1 Å². The van der Waals surface area contributed by atoms with Crippen LogP contribution in [0.15, 0.2) is 35.3 Å². The average molecular weight is 293 g/mol. The standard InChI is InChI=1S/C16H21F2N3/c1-11(14-8-7-12(17)9-15(14)18)10-20-16(19-2)21-13-5-3-4-6-13/h3-4,7-9,11,13H,5-6,10H2,1-2H3,(H2,19,20,21). The normalized spacial score (nSPS) is 17.0. The van der Waals surface area contributed by atoms with Crippen LogP contribution in [0.5, 0.6) is 0 Å². The first-order chi connectivity index (χ1) is 10.1. The van der Waals surface area contributed by atoms with Gasteiger partial charge in [0.2, 0.25) is 0 Å². The third kappa shape index (κ3) is 4.28. The fraction of sp³-hybridized carbons (Fsp3) is 0.438. The van der Waals surface area contributed by atoms with Gasteiger partial charge in [-0.2, -0.15) is 0 Å². The first kappa shape index (κ1) is 15.5. The zero-order valence-corrected chi connectivity index (χ0v) is 12.4. The Morgan fingerprint density at radius 2 is 2.05 bits per heavy atom. The van der Waals surface area contributed by atoms with Crippen LogP contribution in [0, 0.1) is 11.6 Å². The van der Waals surface area contributed by atoms with Gasteiger partial charge in [0.1, 0.15) is 11.6 Å². The fourth-order valence-corrected chi connectivity index (χ4v) is 2.38. The average Bonchev–Trinajstić information content (AvgIpc) is 2.96. The van der Waals surface area contributed by atoms with Crippen LogP contribution in [-0.2, 0) is 0 Å². The lowest BCUT2D eigenvalue weighted by Crippen LogP contribution is -2.43. The molecular weight excluding hydrogens is 272 g/mol. The van der Waals surface area contributed by atoms with Gasteiger partial charge < -0.3 is 10.6 Å². The van der Waals surface area contributed by atoms with E-state index in [9.17, 15) is 8.78 Å². The minimum Gasteiger partial charge on any atom is -0.356 e. The van der Waals surface area contributed by atoms with E-state index in [1.165, 1.54) is 12.1 Å². The lowest BCUT2D eigenvalue weighted by Gasteiger charge is -2.19. The molecule has 0 aliphatic heterocycles. The van der Waals surface area contributed by atoms with Crippen molar-refractivity contribution in [2.45, 2.75) is 31.7 Å². The molecule has 114 valence electrons. The lowest BCUT2D eigenvalue weighted by atomic mass is 10.0. The molecule has 0 bridgehead atoms. The monoisotopic (exact) mass is 293 g/mol. The smallest absolute Gasteiger partial charge is 0.191 e. The molecule has 1 aromatic carbocycles. The molecule has 1 aliphatic carbocycles. The first-order valence-electron chi connectivity index (χ1n) is 7.17. The molecular formula is C16H21F2N3.